The molecular formula is C25H17ClF2N4O3. The van der Waals surface area contributed by atoms with Crippen molar-refractivity contribution < 1.29 is 23.1 Å². The molecule has 0 saturated heterocycles. The summed E-state index contributed by atoms with van der Waals surface area (Å²) in [5.74, 6) is -1.27. The maximum Gasteiger partial charge on any atom is 0.487 e. The van der Waals surface area contributed by atoms with E-state index < -0.39 is 17.4 Å². The summed E-state index contributed by atoms with van der Waals surface area (Å²) in [5.41, 5.74) is 4.75. The predicted molar refractivity (Wildman–Crippen MR) is 127 cm³/mol. The molecule has 0 aliphatic carbocycles. The largest absolute Gasteiger partial charge is 0.487 e. The first kappa shape index (κ1) is 23.8. The normalized spacial score (nSPS) is 11.1. The second-order valence-electron chi connectivity index (χ2n) is 7.30. The van der Waals surface area contributed by atoms with Crippen molar-refractivity contribution in [1.82, 2.24) is 9.97 Å². The number of carbonyl (C=O) groups excluding carboxylic acids is 2. The maximum absolute atomic E-state index is 12.9. The first-order chi connectivity index (χ1) is 16.7. The quantitative estimate of drug-likeness (QED) is 0.338. The number of hydrogen-bond acceptors (Lipinski definition) is 5. The van der Waals surface area contributed by atoms with Crippen LogP contribution in [0.15, 0.2) is 85.3 Å². The first-order valence-electron chi connectivity index (χ1n) is 10.2. The van der Waals surface area contributed by atoms with Gasteiger partial charge in [-0.1, -0.05) is 24.3 Å². The van der Waals surface area contributed by atoms with E-state index in [4.69, 9.17) is 17.3 Å². The molecule has 2 aromatic heterocycles. The van der Waals surface area contributed by atoms with Crippen molar-refractivity contribution in [2.45, 2.75) is 5.57 Å². The Bertz CT molecular complexity index is 1380. The Labute approximate surface area is 203 Å². The van der Waals surface area contributed by atoms with Gasteiger partial charge in [0, 0.05) is 58.1 Å². The molecule has 4 rings (SSSR count). The summed E-state index contributed by atoms with van der Waals surface area (Å²) in [6.07, 6.45) is 4.59. The molecule has 4 aromatic rings. The van der Waals surface area contributed by atoms with Gasteiger partial charge in [-0.3, -0.25) is 19.6 Å². The molecule has 2 heterocycles. The lowest BCUT2D eigenvalue weighted by Crippen LogP contribution is -2.16. The van der Waals surface area contributed by atoms with Gasteiger partial charge >= 0.3 is 5.57 Å². The second-order valence-corrected chi connectivity index (χ2v) is 7.74. The Morgan fingerprint density at radius 2 is 1.71 bits per heavy atom. The highest BCUT2D eigenvalue weighted by Crippen LogP contribution is 2.33. The van der Waals surface area contributed by atoms with Crippen LogP contribution in [0.5, 0.6) is 5.75 Å². The number of primary amides is 1. The number of nitrogens with two attached hydrogens (primary N) is 1. The summed E-state index contributed by atoms with van der Waals surface area (Å²) in [4.78, 5) is 33.5. The summed E-state index contributed by atoms with van der Waals surface area (Å²) in [5, 5.41) is 2.67. The molecule has 0 aliphatic rings. The van der Waals surface area contributed by atoms with E-state index in [1.807, 2.05) is 0 Å². The van der Waals surface area contributed by atoms with Gasteiger partial charge in [0.15, 0.2) is 0 Å². The number of nitrogens with one attached hydrogen (secondary N) is 1. The zero-order chi connectivity index (χ0) is 25.0. The van der Waals surface area contributed by atoms with Crippen LogP contribution in [0.3, 0.4) is 0 Å². The van der Waals surface area contributed by atoms with Crippen LogP contribution in [0.25, 0.3) is 22.4 Å². The van der Waals surface area contributed by atoms with Crippen molar-refractivity contribution in [1.29, 1.82) is 0 Å². The van der Waals surface area contributed by atoms with Crippen molar-refractivity contribution >= 4 is 29.1 Å². The maximum atomic E-state index is 12.9. The number of alkyl halides is 3. The Balaban J connectivity index is 1.68. The standard InChI is InChI=1S/C25H17ClF2N4O3/c26-25(27,28)35-18-9-7-17(8-10-18)32-24(34)16-12-21(15-4-3-11-30-13-15)22(31-14-16)19-5-1-2-6-20(19)23(29)33/h1-14H,(H2,29,33)(H,32,34). The third-order valence-corrected chi connectivity index (χ3v) is 4.99. The van der Waals surface area contributed by atoms with E-state index in [0.717, 1.165) is 0 Å². The lowest BCUT2D eigenvalue weighted by atomic mass is 9.95. The van der Waals surface area contributed by atoms with E-state index in [-0.39, 0.29) is 16.9 Å². The molecule has 176 valence electrons. The van der Waals surface area contributed by atoms with Gasteiger partial charge < -0.3 is 15.8 Å². The van der Waals surface area contributed by atoms with E-state index in [1.165, 1.54) is 30.5 Å². The molecule has 0 fully saturated rings. The minimum atomic E-state index is -3.84. The third-order valence-electron chi connectivity index (χ3n) is 4.92. The van der Waals surface area contributed by atoms with Crippen LogP contribution in [0.4, 0.5) is 14.5 Å². The van der Waals surface area contributed by atoms with Crippen molar-refractivity contribution in [3.8, 4) is 28.1 Å². The number of rotatable bonds is 7. The molecule has 0 aliphatic heterocycles. The lowest BCUT2D eigenvalue weighted by molar-refractivity contribution is -0.0964. The smallest absolute Gasteiger partial charge is 0.420 e. The van der Waals surface area contributed by atoms with Gasteiger partial charge in [-0.25, -0.2) is 0 Å². The van der Waals surface area contributed by atoms with Gasteiger partial charge in [-0.15, -0.1) is 8.78 Å². The molecule has 3 N–H and O–H groups in total. The molecule has 0 bridgehead atoms. The van der Waals surface area contributed by atoms with Crippen LogP contribution in [0, 0.1) is 0 Å². The van der Waals surface area contributed by atoms with Crippen molar-refractivity contribution in [2.24, 2.45) is 5.73 Å². The number of halogens is 3. The molecule has 7 nitrogen and oxygen atoms in total. The summed E-state index contributed by atoms with van der Waals surface area (Å²) < 4.78 is 29.8. The van der Waals surface area contributed by atoms with E-state index in [2.05, 4.69) is 20.0 Å². The fourth-order valence-corrected chi connectivity index (χ4v) is 3.48. The van der Waals surface area contributed by atoms with Gasteiger partial charge in [-0.2, -0.15) is 0 Å². The van der Waals surface area contributed by atoms with Gasteiger partial charge in [0.2, 0.25) is 5.91 Å². The van der Waals surface area contributed by atoms with E-state index in [0.29, 0.717) is 28.1 Å². The van der Waals surface area contributed by atoms with Gasteiger partial charge in [0.1, 0.15) is 5.75 Å². The molecule has 0 saturated carbocycles. The topological polar surface area (TPSA) is 107 Å². The fourth-order valence-electron chi connectivity index (χ4n) is 3.39. The molecule has 35 heavy (non-hydrogen) atoms. The van der Waals surface area contributed by atoms with E-state index >= 15 is 0 Å². The predicted octanol–water partition coefficient (Wildman–Crippen LogP) is 5.33. The molecule has 0 unspecified atom stereocenters. The number of amides is 2. The number of anilines is 1. The van der Waals surface area contributed by atoms with Crippen LogP contribution >= 0.6 is 11.6 Å². The monoisotopic (exact) mass is 494 g/mol. The van der Waals surface area contributed by atoms with Crippen molar-refractivity contribution in [2.75, 3.05) is 5.32 Å². The number of hydrogen-bond donors (Lipinski definition) is 2. The van der Waals surface area contributed by atoms with Gasteiger partial charge in [-0.05, 0) is 42.5 Å². The first-order valence-corrected chi connectivity index (χ1v) is 10.6. The van der Waals surface area contributed by atoms with Crippen LogP contribution < -0.4 is 15.8 Å². The third kappa shape index (κ3) is 5.77. The highest BCUT2D eigenvalue weighted by molar-refractivity contribution is 6.20. The van der Waals surface area contributed by atoms with E-state index in [1.54, 1.807) is 54.9 Å². The number of aromatic nitrogens is 2. The Hall–Kier alpha value is -4.37. The Morgan fingerprint density at radius 1 is 0.971 bits per heavy atom. The minimum Gasteiger partial charge on any atom is -0.420 e. The Kier molecular flexibility index (Phi) is 6.70. The Morgan fingerprint density at radius 3 is 2.37 bits per heavy atom. The summed E-state index contributed by atoms with van der Waals surface area (Å²) >= 11 is 4.76. The van der Waals surface area contributed by atoms with E-state index in [9.17, 15) is 18.4 Å². The molecule has 0 radical (unpaired) electrons. The van der Waals surface area contributed by atoms with Gasteiger partial charge in [0.05, 0.1) is 11.3 Å². The molecule has 0 spiro atoms. The highest BCUT2D eigenvalue weighted by atomic mass is 35.5. The molecular weight excluding hydrogens is 478 g/mol. The highest BCUT2D eigenvalue weighted by Gasteiger charge is 2.27. The number of benzene rings is 2. The van der Waals surface area contributed by atoms with Crippen molar-refractivity contribution in [3.63, 3.8) is 0 Å². The summed E-state index contributed by atoms with van der Waals surface area (Å²) in [7, 11) is 0. The number of nitrogens with zero attached hydrogens (tertiary/aromatic N) is 2. The fraction of sp³-hybridized carbons (Fsp3) is 0.0400. The zero-order valence-electron chi connectivity index (χ0n) is 17.9. The number of pyridine rings is 2. The van der Waals surface area contributed by atoms with Crippen LogP contribution in [0.1, 0.15) is 20.7 Å². The average molecular weight is 495 g/mol. The SMILES string of the molecule is NC(=O)c1ccccc1-c1ncc(C(=O)Nc2ccc(OC(F)(F)Cl)cc2)cc1-c1cccnc1. The average Bonchev–Trinajstić information content (AvgIpc) is 2.84. The zero-order valence-corrected chi connectivity index (χ0v) is 18.7. The van der Waals surface area contributed by atoms with Crippen LogP contribution in [-0.4, -0.2) is 27.4 Å². The molecule has 2 amide bonds. The summed E-state index contributed by atoms with van der Waals surface area (Å²) in [6.45, 7) is 0. The minimum absolute atomic E-state index is 0.166. The lowest BCUT2D eigenvalue weighted by Gasteiger charge is -2.14. The van der Waals surface area contributed by atoms with Crippen LogP contribution in [0.2, 0.25) is 0 Å². The van der Waals surface area contributed by atoms with Crippen molar-refractivity contribution in [3.05, 3.63) is 96.4 Å². The number of carbonyl (C=O) groups is 2. The molecule has 10 heteroatoms. The van der Waals surface area contributed by atoms with Crippen LogP contribution in [-0.2, 0) is 0 Å². The molecule has 0 atom stereocenters. The summed E-state index contributed by atoms with van der Waals surface area (Å²) in [6, 6.07) is 17.2. The number of ether oxygens (including phenoxy) is 1. The van der Waals surface area contributed by atoms with Gasteiger partial charge in [0.25, 0.3) is 5.91 Å². The second kappa shape index (κ2) is 9.86. The molecule has 2 aromatic carbocycles.